The van der Waals surface area contributed by atoms with Gasteiger partial charge in [-0.25, -0.2) is 0 Å². The maximum Gasteiger partial charge on any atom is 0.227 e. The zero-order valence-corrected chi connectivity index (χ0v) is 13.2. The molecule has 0 spiro atoms. The summed E-state index contributed by atoms with van der Waals surface area (Å²) in [6, 6.07) is 2.14. The molecule has 6 heteroatoms. The van der Waals surface area contributed by atoms with Crippen molar-refractivity contribution in [2.45, 2.75) is 25.3 Å². The molecule has 0 N–H and O–H groups in total. The van der Waals surface area contributed by atoms with Gasteiger partial charge in [0.05, 0.1) is 31.4 Å². The van der Waals surface area contributed by atoms with Crippen LogP contribution in [0.15, 0.2) is 35.4 Å². The van der Waals surface area contributed by atoms with Crippen molar-refractivity contribution >= 4 is 17.2 Å². The molecule has 1 atom stereocenters. The van der Waals surface area contributed by atoms with Gasteiger partial charge < -0.3 is 9.64 Å². The van der Waals surface area contributed by atoms with Crippen LogP contribution >= 0.6 is 11.3 Å². The van der Waals surface area contributed by atoms with E-state index in [1.54, 1.807) is 29.9 Å². The van der Waals surface area contributed by atoms with Gasteiger partial charge in [-0.05, 0) is 35.2 Å². The SMILES string of the molecule is O=C(Cc1ccsc1)N1CCOCC1CCc1cnccn1. The van der Waals surface area contributed by atoms with Crippen LogP contribution in [0.1, 0.15) is 17.7 Å². The van der Waals surface area contributed by atoms with Gasteiger partial charge in [0.1, 0.15) is 0 Å². The second-order valence-corrected chi connectivity index (χ2v) is 6.14. The number of carbonyl (C=O) groups excluding carboxylic acids is 1. The minimum absolute atomic E-state index is 0.127. The molecular weight excluding hydrogens is 298 g/mol. The summed E-state index contributed by atoms with van der Waals surface area (Å²) < 4.78 is 5.56. The summed E-state index contributed by atoms with van der Waals surface area (Å²) in [4.78, 5) is 22.9. The molecule has 0 radical (unpaired) electrons. The summed E-state index contributed by atoms with van der Waals surface area (Å²) in [5.74, 6) is 0.186. The van der Waals surface area contributed by atoms with Crippen molar-refractivity contribution in [1.29, 1.82) is 0 Å². The molecule has 0 aromatic carbocycles. The van der Waals surface area contributed by atoms with Crippen molar-refractivity contribution in [3.05, 3.63) is 46.7 Å². The number of ether oxygens (including phenoxy) is 1. The number of aryl methyl sites for hydroxylation is 1. The van der Waals surface area contributed by atoms with E-state index in [4.69, 9.17) is 4.74 Å². The molecule has 1 aliphatic heterocycles. The summed E-state index contributed by atoms with van der Waals surface area (Å²) in [7, 11) is 0. The zero-order chi connectivity index (χ0) is 15.2. The van der Waals surface area contributed by atoms with Gasteiger partial charge in [0, 0.05) is 25.1 Å². The summed E-state index contributed by atoms with van der Waals surface area (Å²) in [5.41, 5.74) is 2.05. The lowest BCUT2D eigenvalue weighted by Gasteiger charge is -2.35. The molecule has 2 aromatic rings. The largest absolute Gasteiger partial charge is 0.377 e. The predicted molar refractivity (Wildman–Crippen MR) is 84.7 cm³/mol. The Morgan fingerprint density at radius 3 is 3.18 bits per heavy atom. The monoisotopic (exact) mass is 317 g/mol. The molecule has 1 saturated heterocycles. The van der Waals surface area contributed by atoms with Gasteiger partial charge >= 0.3 is 0 Å². The van der Waals surface area contributed by atoms with Crippen LogP contribution in [0, 0.1) is 0 Å². The van der Waals surface area contributed by atoms with Gasteiger partial charge in [-0.15, -0.1) is 0 Å². The minimum atomic E-state index is 0.127. The average Bonchev–Trinajstić information content (AvgIpc) is 3.07. The van der Waals surface area contributed by atoms with Crippen molar-refractivity contribution < 1.29 is 9.53 Å². The third-order valence-electron chi connectivity index (χ3n) is 3.83. The van der Waals surface area contributed by atoms with Crippen LogP contribution in [-0.2, 0) is 22.4 Å². The van der Waals surface area contributed by atoms with E-state index in [1.807, 2.05) is 21.7 Å². The van der Waals surface area contributed by atoms with Crippen molar-refractivity contribution in [2.75, 3.05) is 19.8 Å². The molecule has 3 rings (SSSR count). The predicted octanol–water partition coefficient (Wildman–Crippen LogP) is 1.94. The molecule has 0 bridgehead atoms. The quantitative estimate of drug-likeness (QED) is 0.846. The minimum Gasteiger partial charge on any atom is -0.377 e. The van der Waals surface area contributed by atoms with E-state index in [-0.39, 0.29) is 11.9 Å². The molecule has 1 aliphatic rings. The topological polar surface area (TPSA) is 55.3 Å². The lowest BCUT2D eigenvalue weighted by atomic mass is 10.1. The highest BCUT2D eigenvalue weighted by molar-refractivity contribution is 7.07. The van der Waals surface area contributed by atoms with Crippen LogP contribution in [0.4, 0.5) is 0 Å². The van der Waals surface area contributed by atoms with Gasteiger partial charge in [0.25, 0.3) is 0 Å². The molecule has 5 nitrogen and oxygen atoms in total. The number of hydrogen-bond acceptors (Lipinski definition) is 5. The van der Waals surface area contributed by atoms with E-state index in [9.17, 15) is 4.79 Å². The van der Waals surface area contributed by atoms with E-state index in [0.717, 1.165) is 24.1 Å². The molecule has 3 heterocycles. The fourth-order valence-corrected chi connectivity index (χ4v) is 3.33. The molecule has 1 fully saturated rings. The number of rotatable bonds is 5. The first-order valence-electron chi connectivity index (χ1n) is 7.46. The van der Waals surface area contributed by atoms with Crippen LogP contribution in [0.25, 0.3) is 0 Å². The number of thiophene rings is 1. The summed E-state index contributed by atoms with van der Waals surface area (Å²) in [5, 5.41) is 4.04. The Bertz CT molecular complexity index is 589. The Balaban J connectivity index is 1.59. The zero-order valence-electron chi connectivity index (χ0n) is 12.4. The number of morpholine rings is 1. The first-order valence-corrected chi connectivity index (χ1v) is 8.40. The van der Waals surface area contributed by atoms with Gasteiger partial charge in [0.15, 0.2) is 0 Å². The lowest BCUT2D eigenvalue weighted by Crippen LogP contribution is -2.49. The molecule has 2 aromatic heterocycles. The highest BCUT2D eigenvalue weighted by Crippen LogP contribution is 2.16. The Morgan fingerprint density at radius 2 is 2.41 bits per heavy atom. The Hall–Kier alpha value is -1.79. The van der Waals surface area contributed by atoms with Crippen molar-refractivity contribution in [1.82, 2.24) is 14.9 Å². The van der Waals surface area contributed by atoms with E-state index >= 15 is 0 Å². The molecule has 0 saturated carbocycles. The van der Waals surface area contributed by atoms with Crippen LogP contribution in [-0.4, -0.2) is 46.6 Å². The third kappa shape index (κ3) is 3.90. The normalized spacial score (nSPS) is 18.4. The molecule has 1 unspecified atom stereocenters. The van der Waals surface area contributed by atoms with Crippen LogP contribution in [0.5, 0.6) is 0 Å². The number of amides is 1. The summed E-state index contributed by atoms with van der Waals surface area (Å²) in [6.07, 6.45) is 7.29. The van der Waals surface area contributed by atoms with Gasteiger partial charge in [-0.2, -0.15) is 11.3 Å². The number of nitrogens with zero attached hydrogens (tertiary/aromatic N) is 3. The van der Waals surface area contributed by atoms with E-state index in [1.165, 1.54) is 0 Å². The van der Waals surface area contributed by atoms with E-state index in [2.05, 4.69) is 9.97 Å². The fraction of sp³-hybridized carbons (Fsp3) is 0.438. The second kappa shape index (κ2) is 7.47. The smallest absolute Gasteiger partial charge is 0.227 e. The molecule has 116 valence electrons. The van der Waals surface area contributed by atoms with Crippen molar-refractivity contribution in [3.63, 3.8) is 0 Å². The van der Waals surface area contributed by atoms with Crippen LogP contribution < -0.4 is 0 Å². The van der Waals surface area contributed by atoms with Crippen LogP contribution in [0.2, 0.25) is 0 Å². The lowest BCUT2D eigenvalue weighted by molar-refractivity contribution is -0.139. The Labute approximate surface area is 134 Å². The van der Waals surface area contributed by atoms with E-state index in [0.29, 0.717) is 26.2 Å². The maximum absolute atomic E-state index is 12.5. The van der Waals surface area contributed by atoms with Crippen molar-refractivity contribution in [3.8, 4) is 0 Å². The summed E-state index contributed by atoms with van der Waals surface area (Å²) >= 11 is 1.63. The van der Waals surface area contributed by atoms with Crippen LogP contribution in [0.3, 0.4) is 0 Å². The first-order chi connectivity index (χ1) is 10.8. The van der Waals surface area contributed by atoms with Gasteiger partial charge in [-0.3, -0.25) is 14.8 Å². The van der Waals surface area contributed by atoms with E-state index < -0.39 is 0 Å². The van der Waals surface area contributed by atoms with Crippen molar-refractivity contribution in [2.24, 2.45) is 0 Å². The molecule has 0 aliphatic carbocycles. The fourth-order valence-electron chi connectivity index (χ4n) is 2.67. The molecule has 22 heavy (non-hydrogen) atoms. The number of aromatic nitrogens is 2. The highest BCUT2D eigenvalue weighted by atomic mass is 32.1. The molecular formula is C16H19N3O2S. The third-order valence-corrected chi connectivity index (χ3v) is 4.57. The van der Waals surface area contributed by atoms with Gasteiger partial charge in [0.2, 0.25) is 5.91 Å². The molecule has 1 amide bonds. The summed E-state index contributed by atoms with van der Waals surface area (Å²) in [6.45, 7) is 1.90. The average molecular weight is 317 g/mol. The van der Waals surface area contributed by atoms with Gasteiger partial charge in [-0.1, -0.05) is 0 Å². The maximum atomic E-state index is 12.5. The highest BCUT2D eigenvalue weighted by Gasteiger charge is 2.27. The Morgan fingerprint density at radius 1 is 1.45 bits per heavy atom. The Kier molecular flexibility index (Phi) is 5.13. The standard InChI is InChI=1S/C16H19N3O2S/c20-16(9-13-3-8-22-12-13)19-6-7-21-11-15(19)2-1-14-10-17-4-5-18-14/h3-5,8,10,12,15H,1-2,6-7,9,11H2. The number of hydrogen-bond donors (Lipinski definition) is 0. The number of carbonyl (C=O) groups is 1. The second-order valence-electron chi connectivity index (χ2n) is 5.36. The first kappa shape index (κ1) is 15.1.